The largest absolute Gasteiger partial charge is 0.505 e. The first kappa shape index (κ1) is 16.7. The molecule has 0 aliphatic heterocycles. The van der Waals surface area contributed by atoms with Gasteiger partial charge in [0.1, 0.15) is 6.29 Å². The molecule has 0 saturated heterocycles. The summed E-state index contributed by atoms with van der Waals surface area (Å²) in [6.45, 7) is -0.142. The SMILES string of the molecule is O=CCNC(=O)c1ncc2nc(-c3ccc4ccccc4c3)ccc2c1O. The fraction of sp³-hybridized carbons (Fsp3) is 0.0476. The van der Waals surface area contributed by atoms with Crippen molar-refractivity contribution in [3.05, 3.63) is 66.5 Å². The zero-order chi connectivity index (χ0) is 18.8. The number of nitrogens with one attached hydrogen (secondary N) is 1. The van der Waals surface area contributed by atoms with Crippen LogP contribution in [-0.4, -0.2) is 33.8 Å². The van der Waals surface area contributed by atoms with Crippen molar-refractivity contribution in [3.8, 4) is 17.0 Å². The van der Waals surface area contributed by atoms with Crippen molar-refractivity contribution in [2.75, 3.05) is 6.54 Å². The molecule has 2 aromatic heterocycles. The predicted molar refractivity (Wildman–Crippen MR) is 103 cm³/mol. The number of carbonyl (C=O) groups is 2. The molecule has 6 nitrogen and oxygen atoms in total. The Bertz CT molecular complexity index is 1190. The molecule has 1 amide bonds. The summed E-state index contributed by atoms with van der Waals surface area (Å²) >= 11 is 0. The summed E-state index contributed by atoms with van der Waals surface area (Å²) in [7, 11) is 0. The van der Waals surface area contributed by atoms with Gasteiger partial charge in [-0.2, -0.15) is 0 Å². The van der Waals surface area contributed by atoms with E-state index in [-0.39, 0.29) is 18.0 Å². The Morgan fingerprint density at radius 3 is 2.70 bits per heavy atom. The zero-order valence-corrected chi connectivity index (χ0v) is 14.2. The molecule has 0 saturated carbocycles. The fourth-order valence-electron chi connectivity index (χ4n) is 2.98. The molecule has 27 heavy (non-hydrogen) atoms. The third-order valence-corrected chi connectivity index (χ3v) is 4.33. The molecular formula is C21H15N3O3. The van der Waals surface area contributed by atoms with E-state index in [1.807, 2.05) is 36.4 Å². The van der Waals surface area contributed by atoms with Gasteiger partial charge >= 0.3 is 0 Å². The van der Waals surface area contributed by atoms with Gasteiger partial charge in [0.25, 0.3) is 5.91 Å². The lowest BCUT2D eigenvalue weighted by molar-refractivity contribution is -0.107. The van der Waals surface area contributed by atoms with Crippen LogP contribution in [0.5, 0.6) is 5.75 Å². The van der Waals surface area contributed by atoms with Crippen LogP contribution < -0.4 is 5.32 Å². The van der Waals surface area contributed by atoms with Crippen LogP contribution in [0.1, 0.15) is 10.5 Å². The third kappa shape index (κ3) is 3.08. The van der Waals surface area contributed by atoms with Crippen LogP contribution in [0.4, 0.5) is 0 Å². The van der Waals surface area contributed by atoms with E-state index in [1.165, 1.54) is 6.20 Å². The molecule has 0 radical (unpaired) electrons. The van der Waals surface area contributed by atoms with Gasteiger partial charge in [-0.05, 0) is 29.0 Å². The number of benzene rings is 2. The van der Waals surface area contributed by atoms with E-state index in [0.717, 1.165) is 22.0 Å². The third-order valence-electron chi connectivity index (χ3n) is 4.33. The number of aromatic hydroxyl groups is 1. The van der Waals surface area contributed by atoms with Gasteiger partial charge < -0.3 is 15.2 Å². The van der Waals surface area contributed by atoms with Crippen LogP contribution in [-0.2, 0) is 4.79 Å². The zero-order valence-electron chi connectivity index (χ0n) is 14.2. The quantitative estimate of drug-likeness (QED) is 0.548. The van der Waals surface area contributed by atoms with Crippen LogP contribution >= 0.6 is 0 Å². The molecule has 0 atom stereocenters. The van der Waals surface area contributed by atoms with Crippen molar-refractivity contribution in [1.82, 2.24) is 15.3 Å². The smallest absolute Gasteiger partial charge is 0.274 e. The van der Waals surface area contributed by atoms with Gasteiger partial charge in [0, 0.05) is 10.9 Å². The van der Waals surface area contributed by atoms with Crippen molar-refractivity contribution >= 4 is 33.9 Å². The Labute approximate surface area is 154 Å². The molecule has 0 fully saturated rings. The van der Waals surface area contributed by atoms with Gasteiger partial charge in [-0.25, -0.2) is 9.97 Å². The number of aldehydes is 1. The maximum absolute atomic E-state index is 12.0. The average molecular weight is 357 g/mol. The highest BCUT2D eigenvalue weighted by molar-refractivity contribution is 6.01. The Hall–Kier alpha value is -3.80. The molecule has 0 aliphatic rings. The maximum atomic E-state index is 12.0. The number of fused-ring (bicyclic) bond motifs is 2. The molecule has 0 aliphatic carbocycles. The average Bonchev–Trinajstić information content (AvgIpc) is 2.71. The van der Waals surface area contributed by atoms with E-state index in [1.54, 1.807) is 12.1 Å². The molecule has 2 aromatic carbocycles. The van der Waals surface area contributed by atoms with Crippen molar-refractivity contribution in [2.24, 2.45) is 0 Å². The molecule has 0 spiro atoms. The van der Waals surface area contributed by atoms with Gasteiger partial charge in [0.2, 0.25) is 0 Å². The lowest BCUT2D eigenvalue weighted by Crippen LogP contribution is -2.26. The van der Waals surface area contributed by atoms with Crippen LogP contribution in [0.15, 0.2) is 60.8 Å². The summed E-state index contributed by atoms with van der Waals surface area (Å²) in [5.41, 5.74) is 2.03. The van der Waals surface area contributed by atoms with Gasteiger partial charge in [0.05, 0.1) is 24.0 Å². The number of aromatic nitrogens is 2. The highest BCUT2D eigenvalue weighted by atomic mass is 16.3. The molecular weight excluding hydrogens is 342 g/mol. The summed E-state index contributed by atoms with van der Waals surface area (Å²) < 4.78 is 0. The van der Waals surface area contributed by atoms with Crippen molar-refractivity contribution < 1.29 is 14.7 Å². The fourth-order valence-corrected chi connectivity index (χ4v) is 2.98. The number of nitrogens with zero attached hydrogens (tertiary/aromatic N) is 2. The predicted octanol–water partition coefficient (Wildman–Crippen LogP) is 3.08. The molecule has 4 rings (SSSR count). The Morgan fingerprint density at radius 1 is 1.07 bits per heavy atom. The lowest BCUT2D eigenvalue weighted by Gasteiger charge is -2.08. The summed E-state index contributed by atoms with van der Waals surface area (Å²) in [5.74, 6) is -0.867. The number of amides is 1. The second-order valence-electron chi connectivity index (χ2n) is 6.02. The minimum absolute atomic E-state index is 0.135. The van der Waals surface area contributed by atoms with Crippen molar-refractivity contribution in [2.45, 2.75) is 0 Å². The first-order valence-corrected chi connectivity index (χ1v) is 8.37. The molecule has 0 bridgehead atoms. The topological polar surface area (TPSA) is 92.2 Å². The highest BCUT2D eigenvalue weighted by Gasteiger charge is 2.16. The summed E-state index contributed by atoms with van der Waals surface area (Å²) in [4.78, 5) is 30.9. The number of rotatable bonds is 4. The van der Waals surface area contributed by atoms with E-state index in [2.05, 4.69) is 21.4 Å². The van der Waals surface area contributed by atoms with Gasteiger partial charge in [-0.1, -0.05) is 36.4 Å². The summed E-state index contributed by atoms with van der Waals surface area (Å²) in [6, 6.07) is 17.6. The molecule has 132 valence electrons. The van der Waals surface area contributed by atoms with Crippen LogP contribution in [0.3, 0.4) is 0 Å². The lowest BCUT2D eigenvalue weighted by atomic mass is 10.0. The van der Waals surface area contributed by atoms with Gasteiger partial charge in [-0.3, -0.25) is 4.79 Å². The monoisotopic (exact) mass is 357 g/mol. The molecule has 2 heterocycles. The maximum Gasteiger partial charge on any atom is 0.274 e. The van der Waals surface area contributed by atoms with E-state index < -0.39 is 5.91 Å². The van der Waals surface area contributed by atoms with E-state index in [4.69, 9.17) is 0 Å². The number of hydrogen-bond acceptors (Lipinski definition) is 5. The van der Waals surface area contributed by atoms with Crippen LogP contribution in [0.2, 0.25) is 0 Å². The van der Waals surface area contributed by atoms with Crippen LogP contribution in [0.25, 0.3) is 32.9 Å². The van der Waals surface area contributed by atoms with Crippen LogP contribution in [0, 0.1) is 0 Å². The summed E-state index contributed by atoms with van der Waals surface area (Å²) in [6.07, 6.45) is 2.00. The molecule has 0 unspecified atom stereocenters. The molecule has 4 aromatic rings. The first-order valence-electron chi connectivity index (χ1n) is 8.37. The Kier molecular flexibility index (Phi) is 4.22. The standard InChI is InChI=1S/C21H15N3O3/c25-10-9-22-21(27)19-20(26)16-7-8-17(24-18(16)12-23-19)15-6-5-13-3-1-2-4-14(13)11-15/h1-8,10-12,26H,9H2,(H,22,27). The second-order valence-corrected chi connectivity index (χ2v) is 6.02. The molecule has 6 heteroatoms. The minimum Gasteiger partial charge on any atom is -0.505 e. The Morgan fingerprint density at radius 2 is 1.89 bits per heavy atom. The van der Waals surface area contributed by atoms with Gasteiger partial charge in [0.15, 0.2) is 11.4 Å². The number of pyridine rings is 2. The van der Waals surface area contributed by atoms with E-state index >= 15 is 0 Å². The van der Waals surface area contributed by atoms with E-state index in [9.17, 15) is 14.7 Å². The van der Waals surface area contributed by atoms with Gasteiger partial charge in [-0.15, -0.1) is 0 Å². The minimum atomic E-state index is -0.611. The summed E-state index contributed by atoms with van der Waals surface area (Å²) in [5, 5.41) is 15.4. The van der Waals surface area contributed by atoms with Crippen molar-refractivity contribution in [3.63, 3.8) is 0 Å². The Balaban J connectivity index is 1.76. The van der Waals surface area contributed by atoms with Crippen molar-refractivity contribution in [1.29, 1.82) is 0 Å². The number of hydrogen-bond donors (Lipinski definition) is 2. The molecule has 2 N–H and O–H groups in total. The second kappa shape index (κ2) is 6.84. The highest BCUT2D eigenvalue weighted by Crippen LogP contribution is 2.29. The van der Waals surface area contributed by atoms with E-state index in [0.29, 0.717) is 17.2 Å². The number of carbonyl (C=O) groups excluding carboxylic acids is 2. The first-order chi connectivity index (χ1) is 13.2. The normalized spacial score (nSPS) is 10.8.